The molecule has 0 saturated heterocycles. The summed E-state index contributed by atoms with van der Waals surface area (Å²) in [6.07, 6.45) is 1.53. The summed E-state index contributed by atoms with van der Waals surface area (Å²) in [5.41, 5.74) is 1.01. The molecule has 1 heterocycles. The summed E-state index contributed by atoms with van der Waals surface area (Å²) in [5.74, 6) is -0.322. The van der Waals surface area contributed by atoms with E-state index in [1.54, 1.807) is 33.3 Å². The highest BCUT2D eigenvalue weighted by Crippen LogP contribution is 2.08. The number of methoxy groups -OCH3 is 1. The van der Waals surface area contributed by atoms with E-state index in [0.29, 0.717) is 24.5 Å². The lowest BCUT2D eigenvalue weighted by molar-refractivity contribution is -0.119. The molecule has 20 heavy (non-hydrogen) atoms. The minimum Gasteiger partial charge on any atom is -0.383 e. The highest BCUT2D eigenvalue weighted by Gasteiger charge is 2.10. The first-order chi connectivity index (χ1) is 9.54. The minimum absolute atomic E-state index is 0.128. The second kappa shape index (κ2) is 8.11. The summed E-state index contributed by atoms with van der Waals surface area (Å²) < 4.78 is 4.83. The molecule has 1 rings (SSSR count). The van der Waals surface area contributed by atoms with Gasteiger partial charge < -0.3 is 20.3 Å². The van der Waals surface area contributed by atoms with E-state index in [9.17, 15) is 9.59 Å². The van der Waals surface area contributed by atoms with Crippen molar-refractivity contribution in [2.75, 3.05) is 46.2 Å². The van der Waals surface area contributed by atoms with Crippen molar-refractivity contribution in [1.29, 1.82) is 0 Å². The molecule has 0 aliphatic heterocycles. The fourth-order valence-electron chi connectivity index (χ4n) is 1.42. The fourth-order valence-corrected chi connectivity index (χ4v) is 1.42. The minimum atomic E-state index is -0.182. The van der Waals surface area contributed by atoms with E-state index >= 15 is 0 Å². The lowest BCUT2D eigenvalue weighted by atomic mass is 10.3. The van der Waals surface area contributed by atoms with Crippen molar-refractivity contribution in [1.82, 2.24) is 15.2 Å². The van der Waals surface area contributed by atoms with Crippen molar-refractivity contribution in [3.63, 3.8) is 0 Å². The van der Waals surface area contributed by atoms with Crippen molar-refractivity contribution in [3.05, 3.63) is 24.0 Å². The molecule has 0 aliphatic rings. The number of nitrogens with one attached hydrogen (secondary N) is 2. The van der Waals surface area contributed by atoms with E-state index in [1.165, 1.54) is 11.1 Å². The summed E-state index contributed by atoms with van der Waals surface area (Å²) in [4.78, 5) is 28.7. The molecule has 0 bridgehead atoms. The Balaban J connectivity index is 2.50. The van der Waals surface area contributed by atoms with E-state index in [1.807, 2.05) is 0 Å². The van der Waals surface area contributed by atoms with Crippen LogP contribution in [0, 0.1) is 0 Å². The normalized spacial score (nSPS) is 9.95. The van der Waals surface area contributed by atoms with Crippen LogP contribution in [-0.2, 0) is 9.53 Å². The van der Waals surface area contributed by atoms with Gasteiger partial charge in [0.25, 0.3) is 5.91 Å². The summed E-state index contributed by atoms with van der Waals surface area (Å²) in [6, 6.07) is 3.32. The molecular weight excluding hydrogens is 260 g/mol. The maximum atomic E-state index is 11.8. The highest BCUT2D eigenvalue weighted by atomic mass is 16.5. The Kier molecular flexibility index (Phi) is 6.45. The van der Waals surface area contributed by atoms with Crippen LogP contribution in [0.4, 0.5) is 5.69 Å². The number of ether oxygens (including phenoxy) is 1. The topological polar surface area (TPSA) is 83.6 Å². The predicted octanol–water partition coefficient (Wildman–Crippen LogP) is -0.0421. The van der Waals surface area contributed by atoms with Gasteiger partial charge in [-0.3, -0.25) is 14.6 Å². The van der Waals surface area contributed by atoms with Gasteiger partial charge in [0.05, 0.1) is 13.2 Å². The average Bonchev–Trinajstić information content (AvgIpc) is 2.45. The third-order valence-corrected chi connectivity index (χ3v) is 2.47. The Labute approximate surface area is 118 Å². The molecule has 0 unspecified atom stereocenters. The van der Waals surface area contributed by atoms with Crippen LogP contribution in [0.3, 0.4) is 0 Å². The average molecular weight is 280 g/mol. The van der Waals surface area contributed by atoms with Crippen molar-refractivity contribution < 1.29 is 14.3 Å². The molecule has 2 amide bonds. The highest BCUT2D eigenvalue weighted by molar-refractivity contribution is 5.92. The van der Waals surface area contributed by atoms with Crippen molar-refractivity contribution in [2.24, 2.45) is 0 Å². The van der Waals surface area contributed by atoms with Crippen molar-refractivity contribution in [2.45, 2.75) is 0 Å². The number of aromatic nitrogens is 1. The molecule has 0 aliphatic carbocycles. The number of carbonyl (C=O) groups is 2. The number of carbonyl (C=O) groups excluding carboxylic acids is 2. The third-order valence-electron chi connectivity index (χ3n) is 2.47. The Bertz CT molecular complexity index is 463. The lowest BCUT2D eigenvalue weighted by Gasteiger charge is -2.11. The molecule has 110 valence electrons. The number of hydrogen-bond acceptors (Lipinski definition) is 5. The zero-order valence-electron chi connectivity index (χ0n) is 12.0. The lowest BCUT2D eigenvalue weighted by Crippen LogP contribution is -2.32. The fraction of sp³-hybridized carbons (Fsp3) is 0.462. The Morgan fingerprint density at radius 2 is 2.15 bits per heavy atom. The first-order valence-electron chi connectivity index (χ1n) is 6.22. The van der Waals surface area contributed by atoms with Gasteiger partial charge in [-0.2, -0.15) is 0 Å². The number of hydrogen-bond donors (Lipinski definition) is 2. The van der Waals surface area contributed by atoms with E-state index < -0.39 is 0 Å². The van der Waals surface area contributed by atoms with E-state index in [-0.39, 0.29) is 18.4 Å². The summed E-state index contributed by atoms with van der Waals surface area (Å²) >= 11 is 0. The molecule has 7 heteroatoms. The van der Waals surface area contributed by atoms with Gasteiger partial charge in [0.15, 0.2) is 0 Å². The summed E-state index contributed by atoms with van der Waals surface area (Å²) in [5, 5.41) is 5.63. The van der Waals surface area contributed by atoms with Crippen LogP contribution in [-0.4, -0.2) is 62.6 Å². The van der Waals surface area contributed by atoms with Gasteiger partial charge in [0.2, 0.25) is 5.91 Å². The van der Waals surface area contributed by atoms with Crippen LogP contribution in [0.15, 0.2) is 18.3 Å². The van der Waals surface area contributed by atoms with Crippen LogP contribution in [0.1, 0.15) is 10.5 Å². The SMILES string of the molecule is COCCNC(=O)CNc1ccnc(C(=O)N(C)C)c1. The number of rotatable bonds is 7. The Morgan fingerprint density at radius 3 is 2.80 bits per heavy atom. The van der Waals surface area contributed by atoms with Gasteiger partial charge >= 0.3 is 0 Å². The molecule has 0 radical (unpaired) electrons. The maximum Gasteiger partial charge on any atom is 0.272 e. The largest absolute Gasteiger partial charge is 0.383 e. The second-order valence-corrected chi connectivity index (χ2v) is 4.33. The molecule has 0 fully saturated rings. The zero-order chi connectivity index (χ0) is 15.0. The number of anilines is 1. The van der Waals surface area contributed by atoms with E-state index in [4.69, 9.17) is 4.74 Å². The molecule has 7 nitrogen and oxygen atoms in total. The second-order valence-electron chi connectivity index (χ2n) is 4.33. The molecule has 2 N–H and O–H groups in total. The van der Waals surface area contributed by atoms with Crippen LogP contribution >= 0.6 is 0 Å². The Hall–Kier alpha value is -2.15. The van der Waals surface area contributed by atoms with Crippen LogP contribution in [0.2, 0.25) is 0 Å². The maximum absolute atomic E-state index is 11.8. The molecule has 0 aromatic carbocycles. The van der Waals surface area contributed by atoms with Gasteiger partial charge in [0.1, 0.15) is 5.69 Å². The molecule has 1 aromatic rings. The molecule has 0 spiro atoms. The predicted molar refractivity (Wildman–Crippen MR) is 75.6 cm³/mol. The number of pyridine rings is 1. The zero-order valence-corrected chi connectivity index (χ0v) is 12.0. The number of nitrogens with zero attached hydrogens (tertiary/aromatic N) is 2. The van der Waals surface area contributed by atoms with Gasteiger partial charge in [-0.25, -0.2) is 0 Å². The smallest absolute Gasteiger partial charge is 0.272 e. The standard InChI is InChI=1S/C13H20N4O3/c1-17(2)13(19)11-8-10(4-5-14-11)16-9-12(18)15-6-7-20-3/h4-5,8H,6-7,9H2,1-3H3,(H,14,16)(H,15,18). The van der Waals surface area contributed by atoms with Crippen molar-refractivity contribution >= 4 is 17.5 Å². The van der Waals surface area contributed by atoms with E-state index in [2.05, 4.69) is 15.6 Å². The third kappa shape index (κ3) is 5.23. The summed E-state index contributed by atoms with van der Waals surface area (Å²) in [6.45, 7) is 1.07. The van der Waals surface area contributed by atoms with Crippen LogP contribution in [0.25, 0.3) is 0 Å². The van der Waals surface area contributed by atoms with Gasteiger partial charge in [-0.1, -0.05) is 0 Å². The van der Waals surface area contributed by atoms with Gasteiger partial charge in [-0.05, 0) is 12.1 Å². The molecular formula is C13H20N4O3. The molecule has 1 aromatic heterocycles. The quantitative estimate of drug-likeness (QED) is 0.685. The number of amides is 2. The molecule has 0 saturated carbocycles. The monoisotopic (exact) mass is 280 g/mol. The van der Waals surface area contributed by atoms with Gasteiger partial charge in [0, 0.05) is 39.6 Å². The van der Waals surface area contributed by atoms with E-state index in [0.717, 1.165) is 0 Å². The van der Waals surface area contributed by atoms with Gasteiger partial charge in [-0.15, -0.1) is 0 Å². The Morgan fingerprint density at radius 1 is 1.40 bits per heavy atom. The van der Waals surface area contributed by atoms with Crippen LogP contribution < -0.4 is 10.6 Å². The van der Waals surface area contributed by atoms with Crippen molar-refractivity contribution in [3.8, 4) is 0 Å². The first-order valence-corrected chi connectivity index (χ1v) is 6.22. The molecule has 0 atom stereocenters. The first kappa shape index (κ1) is 15.9. The van der Waals surface area contributed by atoms with Crippen LogP contribution in [0.5, 0.6) is 0 Å². The summed E-state index contributed by atoms with van der Waals surface area (Å²) in [7, 11) is 4.89.